The summed E-state index contributed by atoms with van der Waals surface area (Å²) in [6.45, 7) is 1.78. The maximum atomic E-state index is 13.8. The molecular formula is C43H64N8O8. The van der Waals surface area contributed by atoms with Crippen LogP contribution in [-0.4, -0.2) is 145 Å². The molecule has 1 heterocycles. The molecule has 1 saturated heterocycles. The summed E-state index contributed by atoms with van der Waals surface area (Å²) in [6.07, 6.45) is 7.38. The molecule has 0 radical (unpaired) electrons. The molecule has 2 saturated carbocycles. The second-order valence-electron chi connectivity index (χ2n) is 16.2. The maximum absolute atomic E-state index is 13.8. The lowest BCUT2D eigenvalue weighted by atomic mass is 9.90. The molecule has 0 spiro atoms. The number of carbonyl (C=O) groups is 4. The molecule has 16 heteroatoms. The van der Waals surface area contributed by atoms with Gasteiger partial charge >= 0.3 is 0 Å². The normalized spacial score (nSPS) is 20.7. The van der Waals surface area contributed by atoms with Crippen molar-refractivity contribution in [3.05, 3.63) is 46.5 Å². The first-order chi connectivity index (χ1) is 28.3. The van der Waals surface area contributed by atoms with Gasteiger partial charge in [-0.15, -0.1) is 0 Å². The van der Waals surface area contributed by atoms with Gasteiger partial charge in [0, 0.05) is 71.5 Å². The largest absolute Gasteiger partial charge is 0.496 e. The number of nitrogens with zero attached hydrogens (tertiary/aromatic N) is 4. The van der Waals surface area contributed by atoms with Gasteiger partial charge in [-0.05, 0) is 88.8 Å². The van der Waals surface area contributed by atoms with Crippen molar-refractivity contribution in [2.24, 2.45) is 16.6 Å². The van der Waals surface area contributed by atoms with E-state index in [1.807, 2.05) is 38.0 Å². The van der Waals surface area contributed by atoms with Gasteiger partial charge in [-0.25, -0.2) is 4.99 Å². The third-order valence-electron chi connectivity index (χ3n) is 11.8. The van der Waals surface area contributed by atoms with Crippen LogP contribution in [0.2, 0.25) is 0 Å². The first-order valence-electron chi connectivity index (χ1n) is 20.7. The number of aliphatic imine (C=N–C) groups is 1. The Balaban J connectivity index is 1.19. The second kappa shape index (κ2) is 20.6. The summed E-state index contributed by atoms with van der Waals surface area (Å²) in [5, 5.41) is 9.39. The van der Waals surface area contributed by atoms with Crippen molar-refractivity contribution < 1.29 is 38.1 Å². The fourth-order valence-electron chi connectivity index (χ4n) is 8.35. The van der Waals surface area contributed by atoms with Crippen molar-refractivity contribution in [2.75, 3.05) is 76.3 Å². The third kappa shape index (κ3) is 11.1. The lowest BCUT2D eigenvalue weighted by Crippen LogP contribution is -2.44. The zero-order valence-corrected chi connectivity index (χ0v) is 36.0. The molecule has 0 unspecified atom stereocenters. The average Bonchev–Trinajstić information content (AvgIpc) is 3.25. The molecule has 2 aromatic rings. The van der Waals surface area contributed by atoms with Gasteiger partial charge in [0.15, 0.2) is 5.96 Å². The minimum atomic E-state index is -0.366. The average molecular weight is 821 g/mol. The first-order valence-corrected chi connectivity index (χ1v) is 20.7. The lowest BCUT2D eigenvalue weighted by Gasteiger charge is -2.32. The van der Waals surface area contributed by atoms with Gasteiger partial charge in [-0.1, -0.05) is 0 Å². The number of ether oxygens (including phenoxy) is 4. The number of methoxy groups -OCH3 is 4. The van der Waals surface area contributed by atoms with Gasteiger partial charge in [0.25, 0.3) is 23.6 Å². The van der Waals surface area contributed by atoms with E-state index < -0.39 is 0 Å². The Hall–Kier alpha value is -5.25. The van der Waals surface area contributed by atoms with Crippen LogP contribution in [0.1, 0.15) is 106 Å². The van der Waals surface area contributed by atoms with Crippen molar-refractivity contribution in [3.63, 3.8) is 0 Å². The maximum Gasteiger partial charge on any atom is 0.257 e. The van der Waals surface area contributed by atoms with Gasteiger partial charge in [0.05, 0.1) is 56.7 Å². The monoisotopic (exact) mass is 820 g/mol. The number of guanidine groups is 1. The van der Waals surface area contributed by atoms with Crippen LogP contribution in [0.15, 0.2) is 29.3 Å². The molecule has 0 atom stereocenters. The highest BCUT2D eigenvalue weighted by Crippen LogP contribution is 2.33. The summed E-state index contributed by atoms with van der Waals surface area (Å²) in [7, 11) is 13.8. The minimum absolute atomic E-state index is 0.0317. The number of nitrogens with two attached hydrogens (primary N) is 1. The quantitative estimate of drug-likeness (QED) is 0.171. The molecule has 1 aliphatic heterocycles. The molecule has 16 nitrogen and oxygen atoms in total. The Morgan fingerprint density at radius 1 is 0.593 bits per heavy atom. The summed E-state index contributed by atoms with van der Waals surface area (Å²) in [4.78, 5) is 65.4. The topological polar surface area (TPSA) is 189 Å². The molecule has 324 valence electrons. The zero-order valence-electron chi connectivity index (χ0n) is 36.0. The van der Waals surface area contributed by atoms with Crippen molar-refractivity contribution in [2.45, 2.75) is 88.4 Å². The van der Waals surface area contributed by atoms with E-state index in [4.69, 9.17) is 29.7 Å². The third-order valence-corrected chi connectivity index (χ3v) is 11.8. The standard InChI is InChI=1S/C43H64N8O8/c1-49(2)43(50(3)4)48-30-15-13-29(14-16-30)46-40(53)32-21-31(35(56-5)23-36(32)57-6)39(52)45-27-9-11-28(12-10-27)47-41(54)33-22-34(38(59-8)24-37(33)58-7)42(55)51-19-17-26(25-44)18-20-51/h21-24,26-30H,9-20,25,44H2,1-8H3,(H,45,52)(H,46,53)(H,47,54). The van der Waals surface area contributed by atoms with Crippen LogP contribution in [0.25, 0.3) is 0 Å². The number of hydrogen-bond acceptors (Lipinski definition) is 10. The fourth-order valence-corrected chi connectivity index (χ4v) is 8.35. The van der Waals surface area contributed by atoms with Gasteiger partial charge in [-0.3, -0.25) is 19.2 Å². The number of nitrogens with one attached hydrogen (secondary N) is 3. The van der Waals surface area contributed by atoms with Crippen LogP contribution >= 0.6 is 0 Å². The molecule has 5 N–H and O–H groups in total. The van der Waals surface area contributed by atoms with Gasteiger partial charge in [0.2, 0.25) is 0 Å². The Labute approximate surface area is 348 Å². The molecule has 2 aromatic carbocycles. The zero-order chi connectivity index (χ0) is 42.8. The second-order valence-corrected chi connectivity index (χ2v) is 16.2. The minimum Gasteiger partial charge on any atom is -0.496 e. The number of benzene rings is 2. The van der Waals surface area contributed by atoms with E-state index in [-0.39, 0.29) is 64.5 Å². The lowest BCUT2D eigenvalue weighted by molar-refractivity contribution is 0.0689. The summed E-state index contributed by atoms with van der Waals surface area (Å²) in [6, 6.07) is 6.07. The van der Waals surface area contributed by atoms with Gasteiger partial charge < -0.3 is 55.3 Å². The number of carbonyl (C=O) groups excluding carboxylic acids is 4. The summed E-state index contributed by atoms with van der Waals surface area (Å²) in [5.74, 6) is 1.31. The summed E-state index contributed by atoms with van der Waals surface area (Å²) in [5.41, 5.74) is 6.88. The highest BCUT2D eigenvalue weighted by Gasteiger charge is 2.31. The van der Waals surface area contributed by atoms with Crippen LogP contribution < -0.4 is 40.6 Å². The Kier molecular flexibility index (Phi) is 15.7. The first kappa shape index (κ1) is 44.8. The number of hydrogen-bond donors (Lipinski definition) is 4. The van der Waals surface area contributed by atoms with E-state index in [1.165, 1.54) is 34.5 Å². The van der Waals surface area contributed by atoms with Crippen molar-refractivity contribution in [3.8, 4) is 23.0 Å². The van der Waals surface area contributed by atoms with Crippen LogP contribution in [0.4, 0.5) is 0 Å². The molecule has 59 heavy (non-hydrogen) atoms. The molecule has 0 bridgehead atoms. The fraction of sp³-hybridized carbons (Fsp3) is 0.605. The molecule has 4 amide bonds. The van der Waals surface area contributed by atoms with Crippen LogP contribution in [0.5, 0.6) is 23.0 Å². The van der Waals surface area contributed by atoms with E-state index in [2.05, 4.69) is 16.0 Å². The van der Waals surface area contributed by atoms with E-state index in [0.29, 0.717) is 79.8 Å². The predicted octanol–water partition coefficient (Wildman–Crippen LogP) is 3.52. The van der Waals surface area contributed by atoms with Crippen molar-refractivity contribution in [1.29, 1.82) is 0 Å². The molecule has 0 aromatic heterocycles. The van der Waals surface area contributed by atoms with E-state index in [9.17, 15) is 19.2 Å². The molecule has 5 rings (SSSR count). The highest BCUT2D eigenvalue weighted by molar-refractivity contribution is 6.04. The smallest absolute Gasteiger partial charge is 0.257 e. The SMILES string of the molecule is COc1cc(OC)c(C(=O)NC2CCC(NC(=O)c3cc(C(=O)N4CCC(CN)CC4)c(OC)cc3OC)CC2)cc1C(=O)NC1CCC(N=C(N(C)C)N(C)C)CC1. The molecule has 3 fully saturated rings. The summed E-state index contributed by atoms with van der Waals surface area (Å²) >= 11 is 0. The number of amides is 4. The molecular weight excluding hydrogens is 757 g/mol. The Morgan fingerprint density at radius 2 is 0.949 bits per heavy atom. The van der Waals surface area contributed by atoms with Crippen LogP contribution in [-0.2, 0) is 0 Å². The van der Waals surface area contributed by atoms with Gasteiger partial charge in [-0.2, -0.15) is 0 Å². The van der Waals surface area contributed by atoms with Crippen LogP contribution in [0, 0.1) is 5.92 Å². The Morgan fingerprint density at radius 3 is 1.31 bits per heavy atom. The summed E-state index contributed by atoms with van der Waals surface area (Å²) < 4.78 is 22.3. The van der Waals surface area contributed by atoms with Crippen LogP contribution in [0.3, 0.4) is 0 Å². The Bertz CT molecular complexity index is 1820. The van der Waals surface area contributed by atoms with E-state index in [1.54, 1.807) is 23.1 Å². The molecule has 2 aliphatic carbocycles. The van der Waals surface area contributed by atoms with Crippen molar-refractivity contribution in [1.82, 2.24) is 30.7 Å². The predicted molar refractivity (Wildman–Crippen MR) is 226 cm³/mol. The number of rotatable bonds is 13. The highest BCUT2D eigenvalue weighted by atomic mass is 16.5. The van der Waals surface area contributed by atoms with E-state index >= 15 is 0 Å². The number of likely N-dealkylation sites (tertiary alicyclic amines) is 1. The van der Waals surface area contributed by atoms with Crippen molar-refractivity contribution >= 4 is 29.6 Å². The van der Waals surface area contributed by atoms with Gasteiger partial charge in [0.1, 0.15) is 23.0 Å². The van der Waals surface area contributed by atoms with E-state index in [0.717, 1.165) is 44.5 Å². The molecule has 3 aliphatic rings. The number of piperidine rings is 1.